The second-order valence-corrected chi connectivity index (χ2v) is 8.87. The van der Waals surface area contributed by atoms with E-state index in [0.29, 0.717) is 16.9 Å². The molecule has 0 fully saturated rings. The van der Waals surface area contributed by atoms with E-state index in [-0.39, 0.29) is 12.4 Å². The fourth-order valence-corrected chi connectivity index (χ4v) is 5.02. The van der Waals surface area contributed by atoms with Crippen LogP contribution in [0.3, 0.4) is 0 Å². The molecule has 1 aliphatic rings. The van der Waals surface area contributed by atoms with Gasteiger partial charge in [0.25, 0.3) is 0 Å². The third kappa shape index (κ3) is 3.11. The van der Waals surface area contributed by atoms with Crippen LogP contribution in [-0.2, 0) is 6.61 Å². The number of aliphatic hydroxyl groups is 1. The van der Waals surface area contributed by atoms with Crippen LogP contribution in [0.5, 0.6) is 5.75 Å². The summed E-state index contributed by atoms with van der Waals surface area (Å²) in [7, 11) is 1.59. The summed E-state index contributed by atoms with van der Waals surface area (Å²) in [5, 5.41) is 11.2. The van der Waals surface area contributed by atoms with E-state index >= 15 is 0 Å². The minimum absolute atomic E-state index is 0.0348. The van der Waals surface area contributed by atoms with Gasteiger partial charge < -0.3 is 14.4 Å². The number of aromatic nitrogens is 1. The van der Waals surface area contributed by atoms with Gasteiger partial charge in [0.1, 0.15) is 5.75 Å². The minimum atomic E-state index is -0.192. The molecular weight excluding hydrogens is 501 g/mol. The number of nitrogens with zero attached hydrogens (tertiary/aromatic N) is 1. The maximum atomic E-state index is 13.2. The van der Waals surface area contributed by atoms with Crippen molar-refractivity contribution in [1.82, 2.24) is 4.57 Å². The van der Waals surface area contributed by atoms with E-state index in [0.717, 1.165) is 42.5 Å². The second-order valence-electron chi connectivity index (χ2n) is 7.63. The zero-order valence-corrected chi connectivity index (χ0v) is 19.3. The molecule has 0 aliphatic heterocycles. The lowest BCUT2D eigenvalue weighted by Crippen LogP contribution is -2.05. The molecule has 5 heteroatoms. The van der Waals surface area contributed by atoms with E-state index < -0.39 is 0 Å². The molecule has 1 aromatic heterocycles. The van der Waals surface area contributed by atoms with Crippen molar-refractivity contribution in [3.8, 4) is 22.7 Å². The Hall–Kier alpha value is -2.90. The molecule has 5 rings (SSSR count). The number of hydrogen-bond donors (Lipinski definition) is 1. The van der Waals surface area contributed by atoms with Gasteiger partial charge in [-0.2, -0.15) is 0 Å². The third-order valence-corrected chi connectivity index (χ3v) is 6.41. The molecule has 0 spiro atoms. The average molecular weight is 521 g/mol. The molecule has 1 N–H and O–H groups in total. The quantitative estimate of drug-likeness (QED) is 0.340. The van der Waals surface area contributed by atoms with Crippen LogP contribution in [0.25, 0.3) is 33.9 Å². The maximum absolute atomic E-state index is 13.2. The molecule has 4 aromatic rings. The van der Waals surface area contributed by atoms with Crippen LogP contribution in [0.4, 0.5) is 0 Å². The molecule has 1 heterocycles. The summed E-state index contributed by atoms with van der Waals surface area (Å²) < 4.78 is 8.77. The smallest absolute Gasteiger partial charge is 0.188 e. The van der Waals surface area contributed by atoms with Gasteiger partial charge in [-0.1, -0.05) is 30.3 Å². The maximum Gasteiger partial charge on any atom is 0.188 e. The second kappa shape index (κ2) is 7.66. The highest BCUT2D eigenvalue weighted by atomic mass is 127. The van der Waals surface area contributed by atoms with Crippen molar-refractivity contribution in [2.45, 2.75) is 13.5 Å². The predicted octanol–water partition coefficient (Wildman–Crippen LogP) is 5.92. The highest BCUT2D eigenvalue weighted by molar-refractivity contribution is 14.1. The molecule has 1 aliphatic carbocycles. The molecule has 0 saturated carbocycles. The summed E-state index contributed by atoms with van der Waals surface area (Å²) in [6, 6.07) is 18.1. The lowest BCUT2D eigenvalue weighted by molar-refractivity contribution is 0.104. The Morgan fingerprint density at radius 1 is 1.06 bits per heavy atom. The van der Waals surface area contributed by atoms with Gasteiger partial charge >= 0.3 is 0 Å². The number of methoxy groups -OCH3 is 1. The van der Waals surface area contributed by atoms with Gasteiger partial charge in [-0.15, -0.1) is 0 Å². The lowest BCUT2D eigenvalue weighted by atomic mass is 9.92. The number of hydrogen-bond acceptors (Lipinski definition) is 3. The Balaban J connectivity index is 2.01. The Morgan fingerprint density at radius 2 is 1.87 bits per heavy atom. The van der Waals surface area contributed by atoms with Crippen molar-refractivity contribution in [1.29, 1.82) is 0 Å². The summed E-state index contributed by atoms with van der Waals surface area (Å²) in [5.41, 5.74) is 6.99. The van der Waals surface area contributed by atoms with Gasteiger partial charge in [-0.3, -0.25) is 4.79 Å². The van der Waals surface area contributed by atoms with Crippen molar-refractivity contribution in [2.75, 3.05) is 7.11 Å². The number of halogens is 1. The summed E-state index contributed by atoms with van der Waals surface area (Å²) in [6.45, 7) is 1.87. The van der Waals surface area contributed by atoms with Crippen LogP contribution < -0.4 is 4.74 Å². The summed E-state index contributed by atoms with van der Waals surface area (Å²) >= 11 is 2.30. The molecule has 4 nitrogen and oxygen atoms in total. The van der Waals surface area contributed by atoms with Gasteiger partial charge in [0.15, 0.2) is 5.78 Å². The van der Waals surface area contributed by atoms with Gasteiger partial charge in [-0.05, 0) is 77.0 Å². The highest BCUT2D eigenvalue weighted by Gasteiger charge is 2.29. The zero-order valence-electron chi connectivity index (χ0n) is 17.1. The standard InChI is InChI=1S/C26H20INO3/c1-15-11-16-9-10-22(30)25-24(16)21(12-15)28(18-6-3-5-17(27)13-18)26(25)19-7-4-8-23(31-2)20(19)14-29/h3-13,29H,14H2,1-2H3. The van der Waals surface area contributed by atoms with E-state index in [2.05, 4.69) is 52.3 Å². The number of aryl methyl sites for hydroxylation is 1. The van der Waals surface area contributed by atoms with Crippen molar-refractivity contribution in [2.24, 2.45) is 0 Å². The molecule has 31 heavy (non-hydrogen) atoms. The first-order valence-corrected chi connectivity index (χ1v) is 11.1. The molecule has 0 saturated heterocycles. The first-order valence-electron chi connectivity index (χ1n) is 9.98. The molecule has 0 bridgehead atoms. The lowest BCUT2D eigenvalue weighted by Gasteiger charge is -2.17. The van der Waals surface area contributed by atoms with Crippen molar-refractivity contribution in [3.63, 3.8) is 0 Å². The van der Waals surface area contributed by atoms with Crippen LogP contribution in [0.2, 0.25) is 0 Å². The SMILES string of the molecule is COc1cccc(-c2c3c4c(cc(C)cc4n2-c2cccc(I)c2)C=CC3=O)c1CO. The summed E-state index contributed by atoms with van der Waals surface area (Å²) in [6.07, 6.45) is 3.53. The first-order chi connectivity index (χ1) is 15.0. The van der Waals surface area contributed by atoms with E-state index in [1.807, 2.05) is 42.5 Å². The van der Waals surface area contributed by atoms with E-state index in [1.54, 1.807) is 13.2 Å². The van der Waals surface area contributed by atoms with Crippen LogP contribution in [0.1, 0.15) is 27.0 Å². The molecule has 154 valence electrons. The van der Waals surface area contributed by atoms with Crippen LogP contribution in [-0.4, -0.2) is 22.6 Å². The fraction of sp³-hybridized carbons (Fsp3) is 0.115. The number of rotatable bonds is 4. The fourth-order valence-electron chi connectivity index (χ4n) is 4.49. The Bertz CT molecular complexity index is 1400. The molecule has 0 atom stereocenters. The first kappa shape index (κ1) is 20.0. The van der Waals surface area contributed by atoms with Crippen molar-refractivity contribution in [3.05, 3.63) is 86.5 Å². The average Bonchev–Trinajstić information content (AvgIpc) is 3.11. The van der Waals surface area contributed by atoms with E-state index in [9.17, 15) is 9.90 Å². The minimum Gasteiger partial charge on any atom is -0.496 e. The Labute approximate surface area is 193 Å². The van der Waals surface area contributed by atoms with Gasteiger partial charge in [0.05, 0.1) is 30.5 Å². The van der Waals surface area contributed by atoms with Crippen LogP contribution >= 0.6 is 22.6 Å². The topological polar surface area (TPSA) is 51.5 Å². The monoisotopic (exact) mass is 521 g/mol. The zero-order chi connectivity index (χ0) is 21.7. The number of aliphatic hydroxyl groups excluding tert-OH is 1. The summed E-state index contributed by atoms with van der Waals surface area (Å²) in [5.74, 6) is 0.564. The number of benzene rings is 3. The van der Waals surface area contributed by atoms with Crippen molar-refractivity contribution < 1.29 is 14.6 Å². The number of ketones is 1. The Morgan fingerprint density at radius 3 is 2.61 bits per heavy atom. The highest BCUT2D eigenvalue weighted by Crippen LogP contribution is 2.43. The van der Waals surface area contributed by atoms with Gasteiger partial charge in [0.2, 0.25) is 0 Å². The number of allylic oxidation sites excluding steroid dienone is 1. The van der Waals surface area contributed by atoms with Crippen molar-refractivity contribution >= 4 is 45.4 Å². The number of carbonyl (C=O) groups excluding carboxylic acids is 1. The number of carbonyl (C=O) groups is 1. The van der Waals surface area contributed by atoms with Crippen LogP contribution in [0.15, 0.2) is 60.7 Å². The largest absolute Gasteiger partial charge is 0.496 e. The summed E-state index contributed by atoms with van der Waals surface area (Å²) in [4.78, 5) is 13.2. The molecule has 0 amide bonds. The van der Waals surface area contributed by atoms with E-state index in [4.69, 9.17) is 4.74 Å². The number of ether oxygens (including phenoxy) is 1. The predicted molar refractivity (Wildman–Crippen MR) is 132 cm³/mol. The van der Waals surface area contributed by atoms with Gasteiger partial charge in [0, 0.05) is 25.8 Å². The molecule has 0 radical (unpaired) electrons. The normalized spacial score (nSPS) is 12.6. The molecule has 0 unspecified atom stereocenters. The van der Waals surface area contributed by atoms with E-state index in [1.165, 1.54) is 0 Å². The third-order valence-electron chi connectivity index (χ3n) is 5.74. The van der Waals surface area contributed by atoms with Gasteiger partial charge in [-0.25, -0.2) is 0 Å². The molecule has 3 aromatic carbocycles. The Kier molecular flexibility index (Phi) is 4.95. The van der Waals surface area contributed by atoms with Crippen LogP contribution in [0, 0.1) is 10.5 Å². The molecular formula is C26H20INO3.